The SMILES string of the molecule is COc1ccc(CN2CCN(CCOc3ccc(C#N)cc3)CC2)cc1OC. The van der Waals surface area contributed by atoms with Gasteiger partial charge in [-0.2, -0.15) is 5.26 Å². The molecule has 0 radical (unpaired) electrons. The minimum Gasteiger partial charge on any atom is -0.493 e. The van der Waals surface area contributed by atoms with Crippen molar-refractivity contribution >= 4 is 0 Å². The zero-order valence-electron chi connectivity index (χ0n) is 16.6. The minimum atomic E-state index is 0.651. The molecule has 1 aliphatic heterocycles. The van der Waals surface area contributed by atoms with E-state index < -0.39 is 0 Å². The van der Waals surface area contributed by atoms with E-state index in [1.54, 1.807) is 26.4 Å². The number of piperazine rings is 1. The van der Waals surface area contributed by atoms with Crippen molar-refractivity contribution in [3.8, 4) is 23.3 Å². The van der Waals surface area contributed by atoms with Crippen LogP contribution in [-0.4, -0.2) is 63.4 Å². The lowest BCUT2D eigenvalue weighted by atomic mass is 10.1. The zero-order chi connectivity index (χ0) is 19.8. The van der Waals surface area contributed by atoms with Crippen molar-refractivity contribution in [3.63, 3.8) is 0 Å². The van der Waals surface area contributed by atoms with Crippen LogP contribution in [0.3, 0.4) is 0 Å². The van der Waals surface area contributed by atoms with Crippen LogP contribution in [0.25, 0.3) is 0 Å². The first-order valence-electron chi connectivity index (χ1n) is 9.50. The van der Waals surface area contributed by atoms with E-state index in [-0.39, 0.29) is 0 Å². The number of methoxy groups -OCH3 is 2. The molecule has 1 heterocycles. The minimum absolute atomic E-state index is 0.651. The lowest BCUT2D eigenvalue weighted by Crippen LogP contribution is -2.47. The Morgan fingerprint density at radius 1 is 0.893 bits per heavy atom. The predicted molar refractivity (Wildman–Crippen MR) is 108 cm³/mol. The van der Waals surface area contributed by atoms with Gasteiger partial charge in [0.2, 0.25) is 0 Å². The van der Waals surface area contributed by atoms with Gasteiger partial charge in [0.25, 0.3) is 0 Å². The van der Waals surface area contributed by atoms with Gasteiger partial charge in [-0.25, -0.2) is 0 Å². The third-order valence-electron chi connectivity index (χ3n) is 4.98. The van der Waals surface area contributed by atoms with E-state index in [2.05, 4.69) is 28.0 Å². The summed E-state index contributed by atoms with van der Waals surface area (Å²) in [5.41, 5.74) is 1.88. The second kappa shape index (κ2) is 9.98. The first-order valence-corrected chi connectivity index (χ1v) is 9.50. The summed E-state index contributed by atoms with van der Waals surface area (Å²) in [7, 11) is 3.32. The summed E-state index contributed by atoms with van der Waals surface area (Å²) < 4.78 is 16.5. The molecule has 148 valence electrons. The van der Waals surface area contributed by atoms with Crippen molar-refractivity contribution < 1.29 is 14.2 Å². The lowest BCUT2D eigenvalue weighted by molar-refractivity contribution is 0.112. The molecule has 6 heteroatoms. The topological polar surface area (TPSA) is 58.0 Å². The summed E-state index contributed by atoms with van der Waals surface area (Å²) in [6.45, 7) is 6.60. The molecule has 1 saturated heterocycles. The second-order valence-electron chi connectivity index (χ2n) is 6.79. The Hall–Kier alpha value is -2.75. The van der Waals surface area contributed by atoms with E-state index in [0.717, 1.165) is 56.5 Å². The van der Waals surface area contributed by atoms with Crippen molar-refractivity contribution in [1.82, 2.24) is 9.80 Å². The molecule has 0 N–H and O–H groups in total. The van der Waals surface area contributed by atoms with Crippen LogP contribution in [0.15, 0.2) is 42.5 Å². The van der Waals surface area contributed by atoms with Crippen LogP contribution in [0.5, 0.6) is 17.2 Å². The van der Waals surface area contributed by atoms with E-state index in [4.69, 9.17) is 19.5 Å². The van der Waals surface area contributed by atoms with Crippen LogP contribution in [0, 0.1) is 11.3 Å². The Bertz CT molecular complexity index is 794. The standard InChI is InChI=1S/C22H27N3O3/c1-26-21-8-5-19(15-22(21)27-2)17-25-11-9-24(10-12-25)13-14-28-20-6-3-18(16-23)4-7-20/h3-8,15H,9-14,17H2,1-2H3. The van der Waals surface area contributed by atoms with Gasteiger partial charge in [-0.3, -0.25) is 9.80 Å². The van der Waals surface area contributed by atoms with Crippen molar-refractivity contribution in [2.75, 3.05) is 53.6 Å². The number of hydrogen-bond acceptors (Lipinski definition) is 6. The molecule has 28 heavy (non-hydrogen) atoms. The van der Waals surface area contributed by atoms with E-state index in [1.165, 1.54) is 5.56 Å². The van der Waals surface area contributed by atoms with E-state index in [9.17, 15) is 0 Å². The Kier molecular flexibility index (Phi) is 7.12. The maximum Gasteiger partial charge on any atom is 0.161 e. The number of nitriles is 1. The highest BCUT2D eigenvalue weighted by Crippen LogP contribution is 2.28. The molecule has 3 rings (SSSR count). The number of hydrogen-bond donors (Lipinski definition) is 0. The first kappa shape index (κ1) is 20.0. The smallest absolute Gasteiger partial charge is 0.161 e. The highest BCUT2D eigenvalue weighted by atomic mass is 16.5. The molecule has 2 aromatic carbocycles. The molecule has 2 aromatic rings. The Morgan fingerprint density at radius 3 is 2.21 bits per heavy atom. The van der Waals surface area contributed by atoms with Crippen LogP contribution in [0.1, 0.15) is 11.1 Å². The molecule has 0 unspecified atom stereocenters. The first-order chi connectivity index (χ1) is 13.7. The summed E-state index contributed by atoms with van der Waals surface area (Å²) in [5, 5.41) is 8.83. The molecule has 0 spiro atoms. The van der Waals surface area contributed by atoms with Crippen LogP contribution < -0.4 is 14.2 Å². The fourth-order valence-corrected chi connectivity index (χ4v) is 3.33. The Labute approximate surface area is 166 Å². The van der Waals surface area contributed by atoms with Crippen LogP contribution >= 0.6 is 0 Å². The molecule has 1 aliphatic rings. The molecular formula is C22H27N3O3. The van der Waals surface area contributed by atoms with Crippen molar-refractivity contribution in [2.45, 2.75) is 6.54 Å². The number of benzene rings is 2. The van der Waals surface area contributed by atoms with Crippen molar-refractivity contribution in [2.24, 2.45) is 0 Å². The van der Waals surface area contributed by atoms with E-state index in [0.29, 0.717) is 12.2 Å². The highest BCUT2D eigenvalue weighted by molar-refractivity contribution is 5.42. The lowest BCUT2D eigenvalue weighted by Gasteiger charge is -2.34. The van der Waals surface area contributed by atoms with E-state index in [1.807, 2.05) is 18.2 Å². The van der Waals surface area contributed by atoms with Crippen LogP contribution in [0.2, 0.25) is 0 Å². The van der Waals surface area contributed by atoms with Crippen molar-refractivity contribution in [3.05, 3.63) is 53.6 Å². The zero-order valence-corrected chi connectivity index (χ0v) is 16.6. The largest absolute Gasteiger partial charge is 0.493 e. The molecule has 0 bridgehead atoms. The average molecular weight is 381 g/mol. The molecule has 0 atom stereocenters. The van der Waals surface area contributed by atoms with E-state index >= 15 is 0 Å². The number of rotatable bonds is 8. The van der Waals surface area contributed by atoms with Crippen LogP contribution in [-0.2, 0) is 6.54 Å². The average Bonchev–Trinajstić information content (AvgIpc) is 2.75. The predicted octanol–water partition coefficient (Wildman–Crippen LogP) is 2.77. The van der Waals surface area contributed by atoms with Gasteiger partial charge in [0, 0.05) is 39.3 Å². The molecule has 1 fully saturated rings. The Balaban J connectivity index is 1.40. The second-order valence-corrected chi connectivity index (χ2v) is 6.79. The summed E-state index contributed by atoms with van der Waals surface area (Å²) in [5.74, 6) is 2.35. The summed E-state index contributed by atoms with van der Waals surface area (Å²) in [4.78, 5) is 4.88. The van der Waals surface area contributed by atoms with Gasteiger partial charge in [0.15, 0.2) is 11.5 Å². The van der Waals surface area contributed by atoms with Crippen molar-refractivity contribution in [1.29, 1.82) is 5.26 Å². The van der Waals surface area contributed by atoms with Gasteiger partial charge in [0.1, 0.15) is 12.4 Å². The van der Waals surface area contributed by atoms with Gasteiger partial charge in [-0.05, 0) is 42.0 Å². The number of ether oxygens (including phenoxy) is 3. The van der Waals surface area contributed by atoms with Gasteiger partial charge < -0.3 is 14.2 Å². The fourth-order valence-electron chi connectivity index (χ4n) is 3.33. The molecular weight excluding hydrogens is 354 g/mol. The molecule has 0 amide bonds. The molecule has 0 saturated carbocycles. The normalized spacial score (nSPS) is 15.0. The van der Waals surface area contributed by atoms with Crippen LogP contribution in [0.4, 0.5) is 0 Å². The molecule has 0 aliphatic carbocycles. The number of nitrogens with zero attached hydrogens (tertiary/aromatic N) is 3. The fraction of sp³-hybridized carbons (Fsp3) is 0.409. The quantitative estimate of drug-likeness (QED) is 0.701. The molecule has 0 aromatic heterocycles. The third-order valence-corrected chi connectivity index (χ3v) is 4.98. The summed E-state index contributed by atoms with van der Waals surface area (Å²) >= 11 is 0. The monoisotopic (exact) mass is 381 g/mol. The van der Waals surface area contributed by atoms with Gasteiger partial charge in [-0.15, -0.1) is 0 Å². The Morgan fingerprint density at radius 2 is 1.57 bits per heavy atom. The maximum atomic E-state index is 8.83. The van der Waals surface area contributed by atoms with Gasteiger partial charge in [0.05, 0.1) is 25.9 Å². The van der Waals surface area contributed by atoms with Gasteiger partial charge in [-0.1, -0.05) is 6.07 Å². The summed E-state index contributed by atoms with van der Waals surface area (Å²) in [6.07, 6.45) is 0. The molecule has 6 nitrogen and oxygen atoms in total. The maximum absolute atomic E-state index is 8.83. The highest BCUT2D eigenvalue weighted by Gasteiger charge is 2.17. The van der Waals surface area contributed by atoms with Gasteiger partial charge >= 0.3 is 0 Å². The third kappa shape index (κ3) is 5.38. The summed E-state index contributed by atoms with van der Waals surface area (Å²) in [6, 6.07) is 15.5.